The standard InChI is InChI=1S/C13H18Cl2N2/c1-3-17(4-2)8-7-12(14)11-6-5-10(16)9-13(11)15/h5-7,9H,3-4,8,16H2,1-2H3/b12-7-. The highest BCUT2D eigenvalue weighted by Gasteiger charge is 2.05. The molecule has 2 N–H and O–H groups in total. The number of hydrogen-bond donors (Lipinski definition) is 1. The molecule has 0 amide bonds. The zero-order chi connectivity index (χ0) is 12.8. The number of hydrogen-bond acceptors (Lipinski definition) is 2. The lowest BCUT2D eigenvalue weighted by molar-refractivity contribution is 0.338. The summed E-state index contributed by atoms with van der Waals surface area (Å²) in [5.41, 5.74) is 7.11. The first-order valence-corrected chi connectivity index (χ1v) is 6.47. The Bertz CT molecular complexity index is 398. The summed E-state index contributed by atoms with van der Waals surface area (Å²) < 4.78 is 0. The van der Waals surface area contributed by atoms with E-state index in [1.54, 1.807) is 12.1 Å². The lowest BCUT2D eigenvalue weighted by Crippen LogP contribution is -2.22. The number of halogens is 2. The average molecular weight is 273 g/mol. The first kappa shape index (κ1) is 14.4. The molecule has 0 aromatic heterocycles. The van der Waals surface area contributed by atoms with E-state index in [2.05, 4.69) is 18.7 Å². The highest BCUT2D eigenvalue weighted by atomic mass is 35.5. The van der Waals surface area contributed by atoms with Crippen LogP contribution >= 0.6 is 23.2 Å². The molecule has 0 radical (unpaired) electrons. The van der Waals surface area contributed by atoms with Crippen molar-refractivity contribution in [3.05, 3.63) is 34.9 Å². The average Bonchev–Trinajstić information content (AvgIpc) is 2.30. The molecule has 0 heterocycles. The van der Waals surface area contributed by atoms with E-state index < -0.39 is 0 Å². The van der Waals surface area contributed by atoms with Crippen LogP contribution in [-0.4, -0.2) is 24.5 Å². The van der Waals surface area contributed by atoms with Gasteiger partial charge in [-0.3, -0.25) is 0 Å². The molecule has 0 unspecified atom stereocenters. The Morgan fingerprint density at radius 2 is 2.00 bits per heavy atom. The first-order valence-electron chi connectivity index (χ1n) is 5.71. The molecule has 1 aromatic rings. The molecule has 0 bridgehead atoms. The van der Waals surface area contributed by atoms with Crippen molar-refractivity contribution in [1.29, 1.82) is 0 Å². The Hall–Kier alpha value is -0.700. The molecular formula is C13H18Cl2N2. The van der Waals surface area contributed by atoms with Crippen LogP contribution in [0.4, 0.5) is 5.69 Å². The van der Waals surface area contributed by atoms with E-state index in [-0.39, 0.29) is 0 Å². The van der Waals surface area contributed by atoms with Crippen LogP contribution in [0.15, 0.2) is 24.3 Å². The SMILES string of the molecule is CCN(CC)C/C=C(\Cl)c1ccc(N)cc1Cl. The van der Waals surface area contributed by atoms with Crippen LogP contribution in [0.2, 0.25) is 5.02 Å². The van der Waals surface area contributed by atoms with E-state index in [9.17, 15) is 0 Å². The zero-order valence-electron chi connectivity index (χ0n) is 10.2. The maximum Gasteiger partial charge on any atom is 0.0513 e. The number of nitrogen functional groups attached to an aromatic ring is 1. The molecule has 0 atom stereocenters. The minimum Gasteiger partial charge on any atom is -0.399 e. The van der Waals surface area contributed by atoms with E-state index >= 15 is 0 Å². The fourth-order valence-electron chi connectivity index (χ4n) is 1.53. The van der Waals surface area contributed by atoms with Crippen molar-refractivity contribution >= 4 is 33.9 Å². The molecule has 0 fully saturated rings. The van der Waals surface area contributed by atoms with Crippen molar-refractivity contribution in [1.82, 2.24) is 4.90 Å². The molecule has 17 heavy (non-hydrogen) atoms. The van der Waals surface area contributed by atoms with Gasteiger partial charge in [0.15, 0.2) is 0 Å². The van der Waals surface area contributed by atoms with Gasteiger partial charge in [0, 0.05) is 22.8 Å². The third-order valence-electron chi connectivity index (χ3n) is 2.67. The van der Waals surface area contributed by atoms with Gasteiger partial charge in [0.05, 0.1) is 5.02 Å². The minimum atomic E-state index is 0.589. The smallest absolute Gasteiger partial charge is 0.0513 e. The van der Waals surface area contributed by atoms with Gasteiger partial charge in [-0.2, -0.15) is 0 Å². The normalized spacial score (nSPS) is 12.2. The number of anilines is 1. The predicted octanol–water partition coefficient (Wildman–Crippen LogP) is 3.84. The summed E-state index contributed by atoms with van der Waals surface area (Å²) in [4.78, 5) is 2.27. The highest BCUT2D eigenvalue weighted by Crippen LogP contribution is 2.28. The molecule has 4 heteroatoms. The van der Waals surface area contributed by atoms with Crippen molar-refractivity contribution in [2.24, 2.45) is 0 Å². The molecule has 0 aliphatic rings. The fraction of sp³-hybridized carbons (Fsp3) is 0.385. The fourth-order valence-corrected chi connectivity index (χ4v) is 2.10. The molecule has 2 nitrogen and oxygen atoms in total. The molecule has 1 rings (SSSR count). The van der Waals surface area contributed by atoms with Crippen LogP contribution in [0.1, 0.15) is 19.4 Å². The van der Waals surface area contributed by atoms with E-state index in [0.29, 0.717) is 15.7 Å². The quantitative estimate of drug-likeness (QED) is 0.826. The van der Waals surface area contributed by atoms with Crippen LogP contribution < -0.4 is 5.73 Å². The van der Waals surface area contributed by atoms with Gasteiger partial charge in [0.2, 0.25) is 0 Å². The van der Waals surface area contributed by atoms with E-state index in [0.717, 1.165) is 25.2 Å². The minimum absolute atomic E-state index is 0.589. The zero-order valence-corrected chi connectivity index (χ0v) is 11.7. The lowest BCUT2D eigenvalue weighted by Gasteiger charge is -2.15. The molecule has 0 spiro atoms. The molecule has 0 aliphatic heterocycles. The topological polar surface area (TPSA) is 29.3 Å². The second-order valence-electron chi connectivity index (χ2n) is 3.78. The van der Waals surface area contributed by atoms with Gasteiger partial charge in [-0.1, -0.05) is 43.1 Å². The Morgan fingerprint density at radius 1 is 1.35 bits per heavy atom. The Balaban J connectivity index is 2.81. The lowest BCUT2D eigenvalue weighted by atomic mass is 10.2. The van der Waals surface area contributed by atoms with Crippen LogP contribution in [0, 0.1) is 0 Å². The van der Waals surface area contributed by atoms with Gasteiger partial charge in [-0.15, -0.1) is 0 Å². The van der Waals surface area contributed by atoms with E-state index in [4.69, 9.17) is 28.9 Å². The van der Waals surface area contributed by atoms with Crippen LogP contribution in [0.5, 0.6) is 0 Å². The summed E-state index contributed by atoms with van der Waals surface area (Å²) in [7, 11) is 0. The highest BCUT2D eigenvalue weighted by molar-refractivity contribution is 6.50. The maximum atomic E-state index is 6.23. The largest absolute Gasteiger partial charge is 0.399 e. The summed E-state index contributed by atoms with van der Waals surface area (Å²) in [6.07, 6.45) is 1.98. The van der Waals surface area contributed by atoms with Gasteiger partial charge in [0.1, 0.15) is 0 Å². The number of benzene rings is 1. The van der Waals surface area contributed by atoms with Crippen LogP contribution in [-0.2, 0) is 0 Å². The van der Waals surface area contributed by atoms with Gasteiger partial charge in [-0.05, 0) is 31.3 Å². The van der Waals surface area contributed by atoms with Crippen molar-refractivity contribution < 1.29 is 0 Å². The first-order chi connectivity index (χ1) is 8.08. The third-order valence-corrected chi connectivity index (χ3v) is 3.34. The third kappa shape index (κ3) is 4.23. The van der Waals surface area contributed by atoms with Gasteiger partial charge >= 0.3 is 0 Å². The van der Waals surface area contributed by atoms with Crippen molar-refractivity contribution in [3.8, 4) is 0 Å². The monoisotopic (exact) mass is 272 g/mol. The van der Waals surface area contributed by atoms with Crippen molar-refractivity contribution in [2.75, 3.05) is 25.4 Å². The summed E-state index contributed by atoms with van der Waals surface area (Å²) >= 11 is 12.3. The van der Waals surface area contributed by atoms with Crippen molar-refractivity contribution in [2.45, 2.75) is 13.8 Å². The number of likely N-dealkylation sites (N-methyl/N-ethyl adjacent to an activating group) is 1. The van der Waals surface area contributed by atoms with Crippen LogP contribution in [0.3, 0.4) is 0 Å². The van der Waals surface area contributed by atoms with Gasteiger partial charge < -0.3 is 10.6 Å². The maximum absolute atomic E-state index is 6.23. The molecule has 94 valence electrons. The molecule has 0 saturated carbocycles. The molecule has 0 aliphatic carbocycles. The van der Waals surface area contributed by atoms with Gasteiger partial charge in [0.25, 0.3) is 0 Å². The Morgan fingerprint density at radius 3 is 2.53 bits per heavy atom. The summed E-state index contributed by atoms with van der Waals surface area (Å²) in [6, 6.07) is 5.36. The van der Waals surface area contributed by atoms with E-state index in [1.807, 2.05) is 12.1 Å². The number of rotatable bonds is 5. The van der Waals surface area contributed by atoms with Crippen LogP contribution in [0.25, 0.3) is 5.03 Å². The second-order valence-corrected chi connectivity index (χ2v) is 4.59. The second kappa shape index (κ2) is 6.90. The summed E-state index contributed by atoms with van der Waals surface area (Å²) in [6.45, 7) is 7.09. The number of nitrogens with zero attached hydrogens (tertiary/aromatic N) is 1. The van der Waals surface area contributed by atoms with E-state index in [1.165, 1.54) is 0 Å². The molecular weight excluding hydrogens is 255 g/mol. The molecule has 1 aromatic carbocycles. The predicted molar refractivity (Wildman–Crippen MR) is 77.5 cm³/mol. The molecule has 0 saturated heterocycles. The summed E-state index contributed by atoms with van der Waals surface area (Å²) in [5.74, 6) is 0. The summed E-state index contributed by atoms with van der Waals surface area (Å²) in [5, 5.41) is 1.26. The van der Waals surface area contributed by atoms with Gasteiger partial charge in [-0.25, -0.2) is 0 Å². The Kier molecular flexibility index (Phi) is 5.83. The number of nitrogens with two attached hydrogens (primary N) is 1. The Labute approximate surface area is 113 Å². The van der Waals surface area contributed by atoms with Crippen molar-refractivity contribution in [3.63, 3.8) is 0 Å².